The van der Waals surface area contributed by atoms with Crippen LogP contribution in [-0.2, 0) is 10.2 Å². The summed E-state index contributed by atoms with van der Waals surface area (Å²) in [5.74, 6) is -0.624. The summed E-state index contributed by atoms with van der Waals surface area (Å²) >= 11 is 0. The lowest BCUT2D eigenvalue weighted by atomic mass is 9.83. The van der Waals surface area contributed by atoms with Crippen molar-refractivity contribution >= 4 is 17.6 Å². The molecule has 6 heteroatoms. The molecule has 20 heavy (non-hydrogen) atoms. The van der Waals surface area contributed by atoms with Crippen molar-refractivity contribution in [2.45, 2.75) is 19.3 Å². The minimum absolute atomic E-state index is 0.240. The summed E-state index contributed by atoms with van der Waals surface area (Å²) in [6, 6.07) is 9.25. The molecule has 0 unspecified atom stereocenters. The number of fused-ring (bicyclic) bond motifs is 1. The maximum absolute atomic E-state index is 12.0. The molecule has 1 aliphatic rings. The number of carbonyl (C=O) groups is 2. The third kappa shape index (κ3) is 1.54. The summed E-state index contributed by atoms with van der Waals surface area (Å²) in [5, 5.41) is 6.70. The van der Waals surface area contributed by atoms with Gasteiger partial charge < -0.3 is 5.73 Å². The topological polar surface area (TPSA) is 90.0 Å². The summed E-state index contributed by atoms with van der Waals surface area (Å²) in [5.41, 5.74) is 6.58. The molecule has 2 aromatic rings. The predicted molar refractivity (Wildman–Crippen MR) is 73.5 cm³/mol. The number of nitrogen functional groups attached to an aromatic ring is 1. The minimum atomic E-state index is -0.891. The average Bonchev–Trinajstić information content (AvgIpc) is 2.77. The van der Waals surface area contributed by atoms with E-state index in [0.717, 1.165) is 5.69 Å². The van der Waals surface area contributed by atoms with E-state index in [9.17, 15) is 9.59 Å². The first kappa shape index (κ1) is 12.4. The molecule has 2 amide bonds. The second-order valence-electron chi connectivity index (χ2n) is 5.26. The van der Waals surface area contributed by atoms with E-state index >= 15 is 0 Å². The highest BCUT2D eigenvalue weighted by Crippen LogP contribution is 2.33. The fourth-order valence-corrected chi connectivity index (χ4v) is 2.29. The summed E-state index contributed by atoms with van der Waals surface area (Å²) in [7, 11) is 0. The molecule has 1 aliphatic heterocycles. The highest BCUT2D eigenvalue weighted by Gasteiger charge is 2.43. The molecule has 1 aromatic heterocycles. The number of imide groups is 1. The number of nitrogens with two attached hydrogens (primary N) is 1. The van der Waals surface area contributed by atoms with Crippen LogP contribution < -0.4 is 11.1 Å². The van der Waals surface area contributed by atoms with E-state index in [1.165, 1.54) is 4.68 Å². The van der Waals surface area contributed by atoms with E-state index in [-0.39, 0.29) is 17.3 Å². The van der Waals surface area contributed by atoms with E-state index in [4.69, 9.17) is 5.73 Å². The molecule has 3 rings (SSSR count). The van der Waals surface area contributed by atoms with Crippen LogP contribution in [0.1, 0.15) is 29.9 Å². The largest absolute Gasteiger partial charge is 0.383 e. The van der Waals surface area contributed by atoms with Gasteiger partial charge in [-0.25, -0.2) is 4.68 Å². The van der Waals surface area contributed by atoms with Gasteiger partial charge in [0.1, 0.15) is 11.4 Å². The fourth-order valence-electron chi connectivity index (χ4n) is 2.29. The van der Waals surface area contributed by atoms with Crippen LogP contribution in [-0.4, -0.2) is 21.6 Å². The number of nitrogens with one attached hydrogen (secondary N) is 1. The van der Waals surface area contributed by atoms with Gasteiger partial charge in [0, 0.05) is 0 Å². The molecular weight excluding hydrogens is 256 g/mol. The van der Waals surface area contributed by atoms with E-state index in [1.54, 1.807) is 13.8 Å². The van der Waals surface area contributed by atoms with Crippen molar-refractivity contribution in [1.82, 2.24) is 15.1 Å². The monoisotopic (exact) mass is 270 g/mol. The van der Waals surface area contributed by atoms with Crippen molar-refractivity contribution in [3.63, 3.8) is 0 Å². The van der Waals surface area contributed by atoms with Crippen molar-refractivity contribution in [2.24, 2.45) is 0 Å². The molecule has 0 radical (unpaired) electrons. The number of rotatable bonds is 1. The van der Waals surface area contributed by atoms with Gasteiger partial charge >= 0.3 is 0 Å². The SMILES string of the molecule is CC1(C)C(=O)NC(=O)c2c1nn(-c1ccccc1)c2N. The third-order valence-corrected chi connectivity index (χ3v) is 3.54. The normalized spacial score (nSPS) is 16.7. The number of aromatic nitrogens is 2. The Hall–Kier alpha value is -2.63. The van der Waals surface area contributed by atoms with Crippen LogP contribution in [0.2, 0.25) is 0 Å². The number of anilines is 1. The van der Waals surface area contributed by atoms with Crippen LogP contribution in [0.25, 0.3) is 5.69 Å². The Morgan fingerprint density at radius 3 is 2.50 bits per heavy atom. The van der Waals surface area contributed by atoms with Gasteiger partial charge in [-0.15, -0.1) is 0 Å². The van der Waals surface area contributed by atoms with E-state index < -0.39 is 11.3 Å². The number of para-hydroxylation sites is 1. The van der Waals surface area contributed by atoms with Gasteiger partial charge in [-0.05, 0) is 26.0 Å². The maximum Gasteiger partial charge on any atom is 0.263 e. The molecule has 0 spiro atoms. The van der Waals surface area contributed by atoms with Crippen molar-refractivity contribution < 1.29 is 9.59 Å². The van der Waals surface area contributed by atoms with E-state index in [2.05, 4.69) is 10.4 Å². The standard InChI is InChI=1S/C14H14N4O2/c1-14(2)10-9(12(19)16-13(14)20)11(15)18(17-10)8-6-4-3-5-7-8/h3-7H,15H2,1-2H3,(H,16,19,20). The molecule has 0 fully saturated rings. The lowest BCUT2D eigenvalue weighted by Gasteiger charge is -2.26. The van der Waals surface area contributed by atoms with Crippen LogP contribution in [0, 0.1) is 0 Å². The molecule has 6 nitrogen and oxygen atoms in total. The van der Waals surface area contributed by atoms with Gasteiger partial charge in [0.15, 0.2) is 0 Å². The second-order valence-corrected chi connectivity index (χ2v) is 5.26. The molecule has 0 saturated heterocycles. The number of hydrogen-bond acceptors (Lipinski definition) is 4. The maximum atomic E-state index is 12.0. The summed E-state index contributed by atoms with van der Waals surface area (Å²) in [6.45, 7) is 3.44. The highest BCUT2D eigenvalue weighted by molar-refractivity contribution is 6.14. The van der Waals surface area contributed by atoms with Gasteiger partial charge in [-0.2, -0.15) is 5.10 Å². The Kier molecular flexibility index (Phi) is 2.44. The Bertz CT molecular complexity index is 716. The van der Waals surface area contributed by atoms with Gasteiger partial charge in [-0.3, -0.25) is 14.9 Å². The first-order valence-corrected chi connectivity index (χ1v) is 6.23. The Balaban J connectivity index is 2.27. The highest BCUT2D eigenvalue weighted by atomic mass is 16.2. The van der Waals surface area contributed by atoms with Crippen molar-refractivity contribution in [3.8, 4) is 5.69 Å². The van der Waals surface area contributed by atoms with E-state index in [0.29, 0.717) is 5.69 Å². The van der Waals surface area contributed by atoms with Gasteiger partial charge in [0.25, 0.3) is 5.91 Å². The summed E-state index contributed by atoms with van der Waals surface area (Å²) in [6.07, 6.45) is 0. The Labute approximate surface area is 115 Å². The van der Waals surface area contributed by atoms with Crippen LogP contribution in [0.3, 0.4) is 0 Å². The van der Waals surface area contributed by atoms with Gasteiger partial charge in [-0.1, -0.05) is 18.2 Å². The Morgan fingerprint density at radius 1 is 1.20 bits per heavy atom. The molecule has 1 aromatic carbocycles. The molecule has 0 aliphatic carbocycles. The van der Waals surface area contributed by atoms with E-state index in [1.807, 2.05) is 30.3 Å². The van der Waals surface area contributed by atoms with Crippen LogP contribution in [0.15, 0.2) is 30.3 Å². The number of nitrogens with zero attached hydrogens (tertiary/aromatic N) is 2. The molecule has 0 bridgehead atoms. The zero-order valence-electron chi connectivity index (χ0n) is 11.2. The third-order valence-electron chi connectivity index (χ3n) is 3.54. The Morgan fingerprint density at radius 2 is 1.85 bits per heavy atom. The predicted octanol–water partition coefficient (Wildman–Crippen LogP) is 1.00. The zero-order valence-corrected chi connectivity index (χ0v) is 11.2. The van der Waals surface area contributed by atoms with Crippen molar-refractivity contribution in [1.29, 1.82) is 0 Å². The zero-order chi connectivity index (χ0) is 14.5. The number of carbonyl (C=O) groups excluding carboxylic acids is 2. The van der Waals surface area contributed by atoms with Crippen molar-refractivity contribution in [2.75, 3.05) is 5.73 Å². The number of amides is 2. The smallest absolute Gasteiger partial charge is 0.263 e. The average molecular weight is 270 g/mol. The summed E-state index contributed by atoms with van der Waals surface area (Å²) < 4.78 is 1.49. The lowest BCUT2D eigenvalue weighted by molar-refractivity contribution is -0.125. The van der Waals surface area contributed by atoms with Crippen LogP contribution >= 0.6 is 0 Å². The first-order chi connectivity index (χ1) is 9.43. The number of benzene rings is 1. The molecule has 2 heterocycles. The molecule has 102 valence electrons. The van der Waals surface area contributed by atoms with Gasteiger partial charge in [0.05, 0.1) is 16.8 Å². The first-order valence-electron chi connectivity index (χ1n) is 6.23. The van der Waals surface area contributed by atoms with Crippen molar-refractivity contribution in [3.05, 3.63) is 41.6 Å². The van der Waals surface area contributed by atoms with Gasteiger partial charge in [0.2, 0.25) is 5.91 Å². The number of hydrogen-bond donors (Lipinski definition) is 2. The quantitative estimate of drug-likeness (QED) is 0.756. The van der Waals surface area contributed by atoms with Crippen LogP contribution in [0.4, 0.5) is 5.82 Å². The summed E-state index contributed by atoms with van der Waals surface area (Å²) in [4.78, 5) is 23.9. The fraction of sp³-hybridized carbons (Fsp3) is 0.214. The molecule has 0 atom stereocenters. The van der Waals surface area contributed by atoms with Crippen LogP contribution in [0.5, 0.6) is 0 Å². The molecular formula is C14H14N4O2. The molecule has 3 N–H and O–H groups in total. The lowest BCUT2D eigenvalue weighted by Crippen LogP contribution is -2.48. The second kappa shape index (κ2) is 3.93. The molecule has 0 saturated carbocycles. The minimum Gasteiger partial charge on any atom is -0.383 e.